The number of carbonyl (C=O) groups is 2. The van der Waals surface area contributed by atoms with Crippen LogP contribution in [-0.4, -0.2) is 25.3 Å². The predicted octanol–water partition coefficient (Wildman–Crippen LogP) is 1.94. The third-order valence-corrected chi connectivity index (χ3v) is 4.48. The molecule has 2 aromatic rings. The molecule has 0 aliphatic carbocycles. The van der Waals surface area contributed by atoms with Crippen molar-refractivity contribution in [2.24, 2.45) is 0 Å². The van der Waals surface area contributed by atoms with Gasteiger partial charge in [-0.15, -0.1) is 0 Å². The lowest BCUT2D eigenvalue weighted by molar-refractivity contribution is -0.131. The molecule has 116 valence electrons. The number of halogens is 1. The minimum Gasteiger partial charge on any atom is -0.426 e. The van der Waals surface area contributed by atoms with Gasteiger partial charge in [-0.3, -0.25) is 14.9 Å². The fourth-order valence-corrected chi connectivity index (χ4v) is 2.93. The molecule has 0 spiro atoms. The van der Waals surface area contributed by atoms with Gasteiger partial charge < -0.3 is 4.74 Å². The van der Waals surface area contributed by atoms with Crippen LogP contribution in [0.25, 0.3) is 0 Å². The molecule has 0 saturated heterocycles. The van der Waals surface area contributed by atoms with E-state index in [4.69, 9.17) is 16.3 Å². The van der Waals surface area contributed by atoms with E-state index in [-0.39, 0.29) is 25.7 Å². The van der Waals surface area contributed by atoms with Crippen LogP contribution in [0, 0.1) is 0 Å². The van der Waals surface area contributed by atoms with Gasteiger partial charge in [0.1, 0.15) is 9.96 Å². The first-order valence-corrected chi connectivity index (χ1v) is 8.13. The number of nitrogens with zero attached hydrogens (tertiary/aromatic N) is 1. The van der Waals surface area contributed by atoms with E-state index in [2.05, 4.69) is 10.3 Å². The number of thiol groups is 1. The quantitative estimate of drug-likeness (QED) is 0.491. The molecule has 1 amide bonds. The Hall–Kier alpha value is -1.97. The van der Waals surface area contributed by atoms with Crippen LogP contribution in [0.2, 0.25) is 5.02 Å². The number of hydrogen-bond acceptors (Lipinski definition) is 7. The summed E-state index contributed by atoms with van der Waals surface area (Å²) in [6.07, 6.45) is 1.14. The van der Waals surface area contributed by atoms with Gasteiger partial charge in [0.15, 0.2) is 15.8 Å². The number of esters is 1. The molecule has 7 nitrogen and oxygen atoms in total. The molecule has 0 atom stereocenters. The van der Waals surface area contributed by atoms with E-state index in [1.165, 1.54) is 25.1 Å². The summed E-state index contributed by atoms with van der Waals surface area (Å²) in [5.74, 6) is -1.17. The van der Waals surface area contributed by atoms with Crippen LogP contribution in [0.3, 0.4) is 0 Å². The lowest BCUT2D eigenvalue weighted by Gasteiger charge is -2.08. The molecule has 10 heteroatoms. The maximum absolute atomic E-state index is 12.2. The van der Waals surface area contributed by atoms with Crippen LogP contribution < -0.4 is 10.1 Å². The highest BCUT2D eigenvalue weighted by Gasteiger charge is 2.16. The summed E-state index contributed by atoms with van der Waals surface area (Å²) >= 11 is 6.64. The number of nitrogens with one attached hydrogen (secondary N) is 1. The Bertz CT molecular complexity index is 808. The van der Waals surface area contributed by atoms with Crippen LogP contribution in [0.1, 0.15) is 17.3 Å². The fourth-order valence-electron chi connectivity index (χ4n) is 1.50. The monoisotopic (exact) mass is 360 g/mol. The number of carbonyl (C=O) groups excluding carboxylic acids is 2. The van der Waals surface area contributed by atoms with Crippen LogP contribution in [0.5, 0.6) is 5.75 Å². The van der Waals surface area contributed by atoms with Gasteiger partial charge in [0, 0.05) is 11.9 Å². The Morgan fingerprint density at radius 2 is 2.09 bits per heavy atom. The zero-order valence-electron chi connectivity index (χ0n) is 11.0. The highest BCUT2D eigenvalue weighted by molar-refractivity contribution is 7.75. The molecule has 0 aliphatic heterocycles. The van der Waals surface area contributed by atoms with Gasteiger partial charge in [0.25, 0.3) is 5.91 Å². The third-order valence-electron chi connectivity index (χ3n) is 2.33. The molecular formula is C12H9ClN2O5S2. The van der Waals surface area contributed by atoms with Crippen molar-refractivity contribution in [3.8, 4) is 5.75 Å². The van der Waals surface area contributed by atoms with Crippen molar-refractivity contribution in [2.75, 3.05) is 5.32 Å². The maximum atomic E-state index is 12.2. The van der Waals surface area contributed by atoms with Crippen molar-refractivity contribution in [1.82, 2.24) is 4.98 Å². The van der Waals surface area contributed by atoms with Crippen LogP contribution in [0.15, 0.2) is 28.6 Å². The van der Waals surface area contributed by atoms with Gasteiger partial charge in [-0.05, 0) is 18.2 Å². The van der Waals surface area contributed by atoms with Crippen molar-refractivity contribution in [3.63, 3.8) is 0 Å². The topological polar surface area (TPSA) is 102 Å². The van der Waals surface area contributed by atoms with Crippen LogP contribution >= 0.6 is 22.9 Å². The van der Waals surface area contributed by atoms with Crippen molar-refractivity contribution < 1.29 is 22.7 Å². The molecule has 0 bridgehead atoms. The second-order valence-corrected chi connectivity index (χ2v) is 6.71. The summed E-state index contributed by atoms with van der Waals surface area (Å²) in [5.41, 5.74) is 0.0333. The lowest BCUT2D eigenvalue weighted by atomic mass is 10.2. The summed E-state index contributed by atoms with van der Waals surface area (Å²) in [7, 11) is -2.76. The summed E-state index contributed by atoms with van der Waals surface area (Å²) in [5, 5.41) is 2.81. The highest BCUT2D eigenvalue weighted by Crippen LogP contribution is 2.25. The summed E-state index contributed by atoms with van der Waals surface area (Å²) < 4.78 is 26.6. The van der Waals surface area contributed by atoms with Crippen molar-refractivity contribution >= 4 is 50.6 Å². The standard InChI is InChI=1S/C12H9ClN2O5S2/c1-6(16)20-9-3-2-7(13)4-8(9)11(17)15-12-14-5-10(21-12)22(18)19/h2-5,22H,1H3,(H,14,15,17). The summed E-state index contributed by atoms with van der Waals surface area (Å²) in [4.78, 5) is 27.0. The van der Waals surface area contributed by atoms with Crippen LogP contribution in [-0.2, 0) is 15.5 Å². The van der Waals surface area contributed by atoms with Gasteiger partial charge in [-0.2, -0.15) is 0 Å². The normalized spacial score (nSPS) is 10.5. The fraction of sp³-hybridized carbons (Fsp3) is 0.0833. The third kappa shape index (κ3) is 4.03. The van der Waals surface area contributed by atoms with Gasteiger partial charge in [-0.25, -0.2) is 13.4 Å². The average Bonchev–Trinajstić information content (AvgIpc) is 2.89. The Labute approximate surface area is 135 Å². The number of amides is 1. The molecule has 0 radical (unpaired) electrons. The lowest BCUT2D eigenvalue weighted by Crippen LogP contribution is -2.14. The Morgan fingerprint density at radius 1 is 1.36 bits per heavy atom. The van der Waals surface area contributed by atoms with E-state index < -0.39 is 22.6 Å². The first-order chi connectivity index (χ1) is 10.4. The molecule has 1 aromatic carbocycles. The second kappa shape index (κ2) is 6.86. The molecular weight excluding hydrogens is 352 g/mol. The van der Waals surface area contributed by atoms with E-state index in [0.717, 1.165) is 17.5 Å². The van der Waals surface area contributed by atoms with E-state index >= 15 is 0 Å². The largest absolute Gasteiger partial charge is 0.426 e. The Balaban J connectivity index is 2.27. The molecule has 1 aromatic heterocycles. The molecule has 0 unspecified atom stereocenters. The number of rotatable bonds is 4. The first kappa shape index (κ1) is 16.4. The molecule has 1 heterocycles. The SMILES string of the molecule is CC(=O)Oc1ccc(Cl)cc1C(=O)Nc1ncc([SH](=O)=O)s1. The number of hydrogen-bond donors (Lipinski definition) is 2. The zero-order chi connectivity index (χ0) is 16.3. The van der Waals surface area contributed by atoms with Gasteiger partial charge in [-0.1, -0.05) is 22.9 Å². The Kier molecular flexibility index (Phi) is 5.11. The number of aromatic nitrogens is 1. The van der Waals surface area contributed by atoms with E-state index in [1.54, 1.807) is 0 Å². The zero-order valence-corrected chi connectivity index (χ0v) is 13.5. The van der Waals surface area contributed by atoms with Gasteiger partial charge in [0.2, 0.25) is 0 Å². The van der Waals surface area contributed by atoms with Crippen molar-refractivity contribution in [2.45, 2.75) is 11.1 Å². The molecule has 0 fully saturated rings. The average molecular weight is 361 g/mol. The van der Waals surface area contributed by atoms with Crippen molar-refractivity contribution in [1.29, 1.82) is 0 Å². The van der Waals surface area contributed by atoms with E-state index in [9.17, 15) is 18.0 Å². The van der Waals surface area contributed by atoms with E-state index in [1.807, 2.05) is 0 Å². The molecule has 2 rings (SSSR count). The summed E-state index contributed by atoms with van der Waals surface area (Å²) in [6, 6.07) is 4.19. The smallest absolute Gasteiger partial charge is 0.308 e. The summed E-state index contributed by atoms with van der Waals surface area (Å²) in [6.45, 7) is 1.20. The molecule has 0 saturated carbocycles. The second-order valence-electron chi connectivity index (χ2n) is 3.95. The number of thiazole rings is 1. The van der Waals surface area contributed by atoms with E-state index in [0.29, 0.717) is 0 Å². The molecule has 0 aliphatic rings. The predicted molar refractivity (Wildman–Crippen MR) is 81.4 cm³/mol. The number of benzene rings is 1. The first-order valence-electron chi connectivity index (χ1n) is 5.76. The minimum absolute atomic E-state index is 0.0246. The van der Waals surface area contributed by atoms with Gasteiger partial charge >= 0.3 is 5.97 Å². The molecule has 22 heavy (non-hydrogen) atoms. The van der Waals surface area contributed by atoms with Crippen molar-refractivity contribution in [3.05, 3.63) is 35.0 Å². The Morgan fingerprint density at radius 3 is 2.68 bits per heavy atom. The molecule has 1 N–H and O–H groups in total. The number of anilines is 1. The maximum Gasteiger partial charge on any atom is 0.308 e. The highest BCUT2D eigenvalue weighted by atomic mass is 35.5. The number of ether oxygens (including phenoxy) is 1. The minimum atomic E-state index is -2.76. The van der Waals surface area contributed by atoms with Gasteiger partial charge in [0.05, 0.1) is 11.8 Å². The van der Waals surface area contributed by atoms with Crippen LogP contribution in [0.4, 0.5) is 5.13 Å².